The predicted molar refractivity (Wildman–Crippen MR) is 94.1 cm³/mol. The first-order valence-corrected chi connectivity index (χ1v) is 9.02. The van der Waals surface area contributed by atoms with Crippen LogP contribution >= 0.6 is 23.1 Å². The van der Waals surface area contributed by atoms with Crippen molar-refractivity contribution in [3.8, 4) is 0 Å². The van der Waals surface area contributed by atoms with E-state index in [0.717, 1.165) is 27.3 Å². The number of thiazole rings is 1. The second kappa shape index (κ2) is 6.41. The van der Waals surface area contributed by atoms with Crippen molar-refractivity contribution < 1.29 is 13.6 Å². The van der Waals surface area contributed by atoms with E-state index in [9.17, 15) is 13.6 Å². The van der Waals surface area contributed by atoms with Crippen molar-refractivity contribution in [3.63, 3.8) is 0 Å². The molecule has 0 atom stereocenters. The number of hydrogen-bond acceptors (Lipinski definition) is 5. The summed E-state index contributed by atoms with van der Waals surface area (Å²) in [6.07, 6.45) is 0. The van der Waals surface area contributed by atoms with E-state index in [4.69, 9.17) is 0 Å². The molecule has 4 rings (SSSR count). The molecule has 25 heavy (non-hydrogen) atoms. The van der Waals surface area contributed by atoms with Crippen LogP contribution in [0.4, 0.5) is 14.5 Å². The number of thioether (sulfide) groups is 1. The van der Waals surface area contributed by atoms with Gasteiger partial charge < -0.3 is 5.32 Å². The van der Waals surface area contributed by atoms with Crippen molar-refractivity contribution in [3.05, 3.63) is 54.1 Å². The maximum Gasteiger partial charge on any atom is 0.234 e. The van der Waals surface area contributed by atoms with E-state index in [2.05, 4.69) is 15.5 Å². The summed E-state index contributed by atoms with van der Waals surface area (Å²) < 4.78 is 29.1. The first-order valence-electron chi connectivity index (χ1n) is 7.22. The maximum absolute atomic E-state index is 13.2. The van der Waals surface area contributed by atoms with E-state index in [1.54, 1.807) is 0 Å². The number of hydrogen-bond donors (Lipinski definition) is 1. The van der Waals surface area contributed by atoms with Crippen LogP contribution in [0.5, 0.6) is 0 Å². The number of amides is 1. The highest BCUT2D eigenvalue weighted by molar-refractivity contribution is 7.99. The van der Waals surface area contributed by atoms with Crippen LogP contribution in [0, 0.1) is 11.6 Å². The zero-order valence-corrected chi connectivity index (χ0v) is 14.2. The van der Waals surface area contributed by atoms with Gasteiger partial charge in [-0.3, -0.25) is 9.20 Å². The molecule has 0 radical (unpaired) electrons. The average molecular weight is 376 g/mol. The van der Waals surface area contributed by atoms with Crippen molar-refractivity contribution in [1.29, 1.82) is 0 Å². The number of nitrogens with one attached hydrogen (secondary N) is 1. The van der Waals surface area contributed by atoms with Crippen LogP contribution < -0.4 is 5.32 Å². The topological polar surface area (TPSA) is 59.3 Å². The lowest BCUT2D eigenvalue weighted by atomic mass is 10.3. The zero-order valence-electron chi connectivity index (χ0n) is 12.6. The maximum atomic E-state index is 13.2. The molecule has 5 nitrogen and oxygen atoms in total. The minimum atomic E-state index is -1.01. The molecule has 0 saturated carbocycles. The standard InChI is InChI=1S/C16H10F2N4OS2/c17-10-6-5-9(7-11(10)18)19-14(23)8-24-15-20-21-16-22(15)12-3-1-2-4-13(12)25-16/h1-7H,8H2,(H,19,23). The molecule has 0 aliphatic heterocycles. The minimum Gasteiger partial charge on any atom is -0.325 e. The van der Waals surface area contributed by atoms with Gasteiger partial charge in [0.15, 0.2) is 16.8 Å². The summed E-state index contributed by atoms with van der Waals surface area (Å²) >= 11 is 2.75. The average Bonchev–Trinajstić information content (AvgIpc) is 3.15. The number of carbonyl (C=O) groups excluding carboxylic acids is 1. The summed E-state index contributed by atoms with van der Waals surface area (Å²) in [5, 5.41) is 11.4. The predicted octanol–water partition coefficient (Wildman–Crippen LogP) is 3.95. The van der Waals surface area contributed by atoms with Gasteiger partial charge in [0.25, 0.3) is 0 Å². The largest absolute Gasteiger partial charge is 0.325 e. The van der Waals surface area contributed by atoms with Gasteiger partial charge in [0.1, 0.15) is 0 Å². The van der Waals surface area contributed by atoms with E-state index < -0.39 is 11.6 Å². The molecule has 4 aromatic rings. The molecule has 126 valence electrons. The van der Waals surface area contributed by atoms with Gasteiger partial charge in [-0.25, -0.2) is 8.78 Å². The molecular weight excluding hydrogens is 366 g/mol. The molecule has 0 unspecified atom stereocenters. The fourth-order valence-corrected chi connectivity index (χ4v) is 4.12. The van der Waals surface area contributed by atoms with Crippen LogP contribution in [0.25, 0.3) is 15.2 Å². The smallest absolute Gasteiger partial charge is 0.234 e. The Bertz CT molecular complexity index is 1090. The molecule has 0 fully saturated rings. The van der Waals surface area contributed by atoms with E-state index >= 15 is 0 Å². The zero-order chi connectivity index (χ0) is 17.4. The molecule has 0 bridgehead atoms. The first-order chi connectivity index (χ1) is 12.1. The highest BCUT2D eigenvalue weighted by Crippen LogP contribution is 2.29. The number of para-hydroxylation sites is 1. The molecule has 2 heterocycles. The summed E-state index contributed by atoms with van der Waals surface area (Å²) in [5.41, 5.74) is 1.19. The number of carbonyl (C=O) groups is 1. The Balaban J connectivity index is 1.50. The lowest BCUT2D eigenvalue weighted by Gasteiger charge is -2.05. The van der Waals surface area contributed by atoms with Crippen LogP contribution in [0.2, 0.25) is 0 Å². The monoisotopic (exact) mass is 376 g/mol. The number of benzene rings is 2. The molecule has 0 saturated heterocycles. The Kier molecular flexibility index (Phi) is 4.10. The highest BCUT2D eigenvalue weighted by atomic mass is 32.2. The molecule has 0 aliphatic rings. The van der Waals surface area contributed by atoms with Crippen LogP contribution in [0.15, 0.2) is 47.6 Å². The van der Waals surface area contributed by atoms with Crippen LogP contribution in [0.1, 0.15) is 0 Å². The number of fused-ring (bicyclic) bond motifs is 3. The molecule has 0 spiro atoms. The van der Waals surface area contributed by atoms with Crippen LogP contribution in [0.3, 0.4) is 0 Å². The van der Waals surface area contributed by atoms with Crippen LogP contribution in [-0.4, -0.2) is 26.3 Å². The summed E-state index contributed by atoms with van der Waals surface area (Å²) in [7, 11) is 0. The first kappa shape index (κ1) is 16.0. The van der Waals surface area contributed by atoms with Gasteiger partial charge in [-0.05, 0) is 24.3 Å². The fourth-order valence-electron chi connectivity index (χ4n) is 2.35. The number of anilines is 1. The Morgan fingerprint density at radius 2 is 2.00 bits per heavy atom. The third-order valence-electron chi connectivity index (χ3n) is 3.45. The molecule has 1 amide bonds. The summed E-state index contributed by atoms with van der Waals surface area (Å²) in [6, 6.07) is 11.1. The van der Waals surface area contributed by atoms with E-state index in [0.29, 0.717) is 5.16 Å². The number of aromatic nitrogens is 3. The number of rotatable bonds is 4. The second-order valence-corrected chi connectivity index (χ2v) is 7.09. The van der Waals surface area contributed by atoms with E-state index in [-0.39, 0.29) is 17.3 Å². The third kappa shape index (κ3) is 3.08. The molecule has 2 aromatic heterocycles. The summed E-state index contributed by atoms with van der Waals surface area (Å²) in [4.78, 5) is 12.8. The molecule has 9 heteroatoms. The van der Waals surface area contributed by atoms with Crippen molar-refractivity contribution in [2.45, 2.75) is 5.16 Å². The lowest BCUT2D eigenvalue weighted by molar-refractivity contribution is -0.113. The van der Waals surface area contributed by atoms with Gasteiger partial charge in [-0.1, -0.05) is 35.2 Å². The van der Waals surface area contributed by atoms with E-state index in [1.165, 1.54) is 29.2 Å². The van der Waals surface area contributed by atoms with Crippen LogP contribution in [-0.2, 0) is 4.79 Å². The van der Waals surface area contributed by atoms with Gasteiger partial charge in [-0.15, -0.1) is 10.2 Å². The normalized spacial score (nSPS) is 11.3. The van der Waals surface area contributed by atoms with Gasteiger partial charge in [0, 0.05) is 11.8 Å². The van der Waals surface area contributed by atoms with Crippen molar-refractivity contribution in [2.24, 2.45) is 0 Å². The number of nitrogens with zero attached hydrogens (tertiary/aromatic N) is 3. The van der Waals surface area contributed by atoms with Gasteiger partial charge in [-0.2, -0.15) is 0 Å². The SMILES string of the molecule is O=C(CSc1nnc2sc3ccccc3n12)Nc1ccc(F)c(F)c1. The van der Waals surface area contributed by atoms with E-state index in [1.807, 2.05) is 28.7 Å². The quantitative estimate of drug-likeness (QED) is 0.548. The Morgan fingerprint density at radius 1 is 1.16 bits per heavy atom. The van der Waals surface area contributed by atoms with Gasteiger partial charge >= 0.3 is 0 Å². The summed E-state index contributed by atoms with van der Waals surface area (Å²) in [5.74, 6) is -2.23. The van der Waals surface area contributed by atoms with Crippen molar-refractivity contribution in [2.75, 3.05) is 11.1 Å². The Morgan fingerprint density at radius 3 is 2.84 bits per heavy atom. The molecule has 0 aliphatic carbocycles. The highest BCUT2D eigenvalue weighted by Gasteiger charge is 2.14. The van der Waals surface area contributed by atoms with Crippen molar-refractivity contribution in [1.82, 2.24) is 14.6 Å². The molecular formula is C16H10F2N4OS2. The Labute approximate surface area is 148 Å². The minimum absolute atomic E-state index is 0.0734. The van der Waals surface area contributed by atoms with Gasteiger partial charge in [0.2, 0.25) is 10.9 Å². The fraction of sp³-hybridized carbons (Fsp3) is 0.0625. The second-order valence-electron chi connectivity index (χ2n) is 5.14. The lowest BCUT2D eigenvalue weighted by Crippen LogP contribution is -2.14. The molecule has 2 aromatic carbocycles. The Hall–Kier alpha value is -2.52. The van der Waals surface area contributed by atoms with Gasteiger partial charge in [0.05, 0.1) is 16.0 Å². The third-order valence-corrected chi connectivity index (χ3v) is 5.39. The van der Waals surface area contributed by atoms with Crippen molar-refractivity contribution >= 4 is 49.9 Å². The summed E-state index contributed by atoms with van der Waals surface area (Å²) in [6.45, 7) is 0. The number of halogens is 2. The molecule has 1 N–H and O–H groups in total.